The standard InChI is InChI=1S/C30H32FN7O3/c1-30(2,17-39)14-20(15-32)29(40)36-12-6-7-21(16-36)37-19-38(26-27(33)34-18-35-28(26)37)25-11-10-23(13-24(25)31)41-22-8-4-3-5-9-22/h3-5,8-11,13-14,18,21,39H,6-7,12,16-17,19H2,1-2H3,(H2,33,34,35)/b20-14+/t21-/m1/s1. The van der Waals surface area contributed by atoms with Gasteiger partial charge in [-0.1, -0.05) is 38.1 Å². The number of ether oxygens (including phenoxy) is 1. The van der Waals surface area contributed by atoms with Crippen molar-refractivity contribution in [3.63, 3.8) is 0 Å². The summed E-state index contributed by atoms with van der Waals surface area (Å²) in [5.74, 6) is 0.853. The zero-order valence-corrected chi connectivity index (χ0v) is 23.0. The lowest BCUT2D eigenvalue weighted by Crippen LogP contribution is -2.51. The molecule has 2 aliphatic heterocycles. The molecule has 5 rings (SSSR count). The summed E-state index contributed by atoms with van der Waals surface area (Å²) in [5.41, 5.74) is 6.37. The Balaban J connectivity index is 1.40. The molecule has 10 nitrogen and oxygen atoms in total. The van der Waals surface area contributed by atoms with Gasteiger partial charge in [-0.15, -0.1) is 0 Å². The monoisotopic (exact) mass is 557 g/mol. The highest BCUT2D eigenvalue weighted by Crippen LogP contribution is 2.45. The summed E-state index contributed by atoms with van der Waals surface area (Å²) in [7, 11) is 0. The summed E-state index contributed by atoms with van der Waals surface area (Å²) in [4.78, 5) is 27.3. The molecule has 1 atom stereocenters. The Morgan fingerprint density at radius 2 is 2.02 bits per heavy atom. The second kappa shape index (κ2) is 11.4. The molecule has 0 unspecified atom stereocenters. The van der Waals surface area contributed by atoms with Crippen LogP contribution in [0, 0.1) is 22.6 Å². The van der Waals surface area contributed by atoms with E-state index in [2.05, 4.69) is 9.97 Å². The van der Waals surface area contributed by atoms with Crippen LogP contribution in [0.5, 0.6) is 11.5 Å². The zero-order chi connectivity index (χ0) is 29.1. The summed E-state index contributed by atoms with van der Waals surface area (Å²) >= 11 is 0. The largest absolute Gasteiger partial charge is 0.457 e. The number of piperidine rings is 1. The molecular weight excluding hydrogens is 525 g/mol. The second-order valence-corrected chi connectivity index (χ2v) is 10.9. The van der Waals surface area contributed by atoms with Crippen LogP contribution >= 0.6 is 0 Å². The third kappa shape index (κ3) is 5.78. The van der Waals surface area contributed by atoms with Gasteiger partial charge in [-0.2, -0.15) is 5.26 Å². The maximum absolute atomic E-state index is 15.5. The minimum atomic E-state index is -0.704. The van der Waals surface area contributed by atoms with Crippen molar-refractivity contribution < 1.29 is 19.0 Å². The molecule has 41 heavy (non-hydrogen) atoms. The van der Waals surface area contributed by atoms with Crippen LogP contribution in [0.4, 0.5) is 27.4 Å². The van der Waals surface area contributed by atoms with Crippen LogP contribution < -0.4 is 20.3 Å². The van der Waals surface area contributed by atoms with Crippen molar-refractivity contribution >= 4 is 28.9 Å². The molecule has 1 saturated heterocycles. The highest BCUT2D eigenvalue weighted by molar-refractivity contribution is 5.97. The number of para-hydroxylation sites is 1. The third-order valence-corrected chi connectivity index (χ3v) is 7.27. The summed E-state index contributed by atoms with van der Waals surface area (Å²) in [6.07, 6.45) is 4.37. The number of nitriles is 1. The molecule has 3 heterocycles. The molecule has 11 heteroatoms. The van der Waals surface area contributed by atoms with Crippen molar-refractivity contribution in [2.75, 3.05) is 41.9 Å². The quantitative estimate of drug-likeness (QED) is 0.321. The highest BCUT2D eigenvalue weighted by Gasteiger charge is 2.39. The average Bonchev–Trinajstić information content (AvgIpc) is 3.37. The number of amides is 1. The number of aliphatic hydroxyl groups excluding tert-OH is 1. The van der Waals surface area contributed by atoms with Gasteiger partial charge in [0.2, 0.25) is 0 Å². The Hall–Kier alpha value is -4.69. The lowest BCUT2D eigenvalue weighted by molar-refractivity contribution is -0.127. The molecule has 0 bridgehead atoms. The first-order valence-electron chi connectivity index (χ1n) is 13.4. The van der Waals surface area contributed by atoms with Gasteiger partial charge in [-0.05, 0) is 37.1 Å². The lowest BCUT2D eigenvalue weighted by atomic mass is 9.91. The topological polar surface area (TPSA) is 132 Å². The van der Waals surface area contributed by atoms with Gasteiger partial charge in [0.15, 0.2) is 17.5 Å². The lowest BCUT2D eigenvalue weighted by Gasteiger charge is -2.38. The number of anilines is 4. The number of halogens is 1. The Bertz CT molecular complexity index is 1510. The van der Waals surface area contributed by atoms with Gasteiger partial charge >= 0.3 is 0 Å². The number of hydrogen-bond acceptors (Lipinski definition) is 9. The molecule has 0 spiro atoms. The van der Waals surface area contributed by atoms with Crippen LogP contribution in [0.1, 0.15) is 26.7 Å². The summed E-state index contributed by atoms with van der Waals surface area (Å²) < 4.78 is 21.3. The number of fused-ring (bicyclic) bond motifs is 1. The number of carbonyl (C=O) groups is 1. The van der Waals surface area contributed by atoms with Gasteiger partial charge in [0.05, 0.1) is 19.0 Å². The van der Waals surface area contributed by atoms with Gasteiger partial charge in [-0.3, -0.25) is 4.79 Å². The van der Waals surface area contributed by atoms with Crippen molar-refractivity contribution in [3.8, 4) is 17.6 Å². The second-order valence-electron chi connectivity index (χ2n) is 10.9. The number of nitrogens with two attached hydrogens (primary N) is 1. The number of nitrogen functional groups attached to an aromatic ring is 1. The number of rotatable bonds is 7. The molecule has 3 N–H and O–H groups in total. The summed E-state index contributed by atoms with van der Waals surface area (Å²) in [6, 6.07) is 15.6. The van der Waals surface area contributed by atoms with Crippen LogP contribution in [0.2, 0.25) is 0 Å². The molecule has 1 fully saturated rings. The van der Waals surface area contributed by atoms with E-state index in [0.717, 1.165) is 6.42 Å². The molecule has 1 aromatic heterocycles. The first-order valence-corrected chi connectivity index (χ1v) is 13.4. The molecular formula is C30H32FN7O3. The van der Waals surface area contributed by atoms with Gasteiger partial charge in [-0.25, -0.2) is 14.4 Å². The first kappa shape index (κ1) is 27.9. The number of likely N-dealkylation sites (tertiary alicyclic amines) is 1. The number of benzene rings is 2. The van der Waals surface area contributed by atoms with Crippen LogP contribution in [-0.4, -0.2) is 58.3 Å². The third-order valence-electron chi connectivity index (χ3n) is 7.27. The SMILES string of the molecule is CC(C)(/C=C(\C#N)C(=O)N1CCC[C@@H](N2CN(c3ccc(Oc4ccccc4)cc3F)c3c(N)ncnc32)C1)CO. The average molecular weight is 558 g/mol. The molecule has 0 saturated carbocycles. The predicted octanol–water partition coefficient (Wildman–Crippen LogP) is 4.37. The fourth-order valence-corrected chi connectivity index (χ4v) is 5.16. The number of aromatic nitrogens is 2. The maximum atomic E-state index is 15.5. The van der Waals surface area contributed by atoms with Gasteiger partial charge < -0.3 is 30.3 Å². The molecule has 0 radical (unpaired) electrons. The number of nitrogens with zero attached hydrogens (tertiary/aromatic N) is 6. The summed E-state index contributed by atoms with van der Waals surface area (Å²) in [5, 5.41) is 19.3. The normalized spacial score (nSPS) is 17.3. The minimum absolute atomic E-state index is 0.000370. The Kier molecular flexibility index (Phi) is 7.77. The van der Waals surface area contributed by atoms with Crippen molar-refractivity contribution in [1.29, 1.82) is 5.26 Å². The number of aliphatic hydroxyl groups is 1. The van der Waals surface area contributed by atoms with E-state index in [9.17, 15) is 15.2 Å². The van der Waals surface area contributed by atoms with Crippen LogP contribution in [-0.2, 0) is 4.79 Å². The van der Waals surface area contributed by atoms with E-state index < -0.39 is 11.2 Å². The minimum Gasteiger partial charge on any atom is -0.457 e. The molecule has 1 amide bonds. The van der Waals surface area contributed by atoms with E-state index in [1.54, 1.807) is 47.9 Å². The van der Waals surface area contributed by atoms with Crippen LogP contribution in [0.15, 0.2) is 66.5 Å². The zero-order valence-electron chi connectivity index (χ0n) is 23.0. The van der Waals surface area contributed by atoms with Crippen molar-refractivity contribution in [2.45, 2.75) is 32.7 Å². The van der Waals surface area contributed by atoms with Crippen LogP contribution in [0.3, 0.4) is 0 Å². The molecule has 2 aromatic carbocycles. The van der Waals surface area contributed by atoms with Gasteiger partial charge in [0, 0.05) is 30.6 Å². The smallest absolute Gasteiger partial charge is 0.264 e. The Labute approximate surface area is 238 Å². The molecule has 0 aliphatic carbocycles. The first-order chi connectivity index (χ1) is 19.7. The number of carbonyl (C=O) groups excluding carboxylic acids is 1. The Morgan fingerprint density at radius 1 is 1.24 bits per heavy atom. The summed E-state index contributed by atoms with van der Waals surface area (Å²) in [6.45, 7) is 4.43. The van der Waals surface area contributed by atoms with E-state index in [1.165, 1.54) is 18.5 Å². The van der Waals surface area contributed by atoms with Crippen LogP contribution in [0.25, 0.3) is 0 Å². The van der Waals surface area contributed by atoms with Crippen molar-refractivity contribution in [3.05, 3.63) is 72.3 Å². The molecule has 212 valence electrons. The maximum Gasteiger partial charge on any atom is 0.264 e. The molecule has 2 aliphatic rings. The van der Waals surface area contributed by atoms with Crippen molar-refractivity contribution in [1.82, 2.24) is 14.9 Å². The van der Waals surface area contributed by atoms with Gasteiger partial charge in [0.1, 0.15) is 35.2 Å². The van der Waals surface area contributed by atoms with E-state index in [0.29, 0.717) is 48.2 Å². The van der Waals surface area contributed by atoms with E-state index in [1.807, 2.05) is 29.2 Å². The van der Waals surface area contributed by atoms with E-state index in [-0.39, 0.29) is 36.6 Å². The Morgan fingerprint density at radius 3 is 2.73 bits per heavy atom. The van der Waals surface area contributed by atoms with E-state index in [4.69, 9.17) is 10.5 Å². The van der Waals surface area contributed by atoms with Gasteiger partial charge in [0.25, 0.3) is 5.91 Å². The molecule has 3 aromatic rings. The van der Waals surface area contributed by atoms with Crippen molar-refractivity contribution in [2.24, 2.45) is 5.41 Å². The highest BCUT2D eigenvalue weighted by atomic mass is 19.1. The fraction of sp³-hybridized carbons (Fsp3) is 0.333. The number of hydrogen-bond donors (Lipinski definition) is 2. The van der Waals surface area contributed by atoms with E-state index >= 15 is 4.39 Å². The predicted molar refractivity (Wildman–Crippen MR) is 153 cm³/mol. The fourth-order valence-electron chi connectivity index (χ4n) is 5.16.